The van der Waals surface area contributed by atoms with Gasteiger partial charge in [-0.25, -0.2) is 0 Å². The molecule has 0 saturated carbocycles. The molecule has 2 rings (SSSR count). The summed E-state index contributed by atoms with van der Waals surface area (Å²) in [5, 5.41) is 8.03. The van der Waals surface area contributed by atoms with Crippen LogP contribution in [0.15, 0.2) is 12.4 Å². The Morgan fingerprint density at radius 2 is 2.00 bits per heavy atom. The molecule has 4 nitrogen and oxygen atoms in total. The summed E-state index contributed by atoms with van der Waals surface area (Å²) in [6, 6.07) is 0.533. The number of rotatable bonds is 5. The molecule has 1 atom stereocenters. The Labute approximate surface area is 117 Å². The van der Waals surface area contributed by atoms with E-state index in [9.17, 15) is 0 Å². The third kappa shape index (κ3) is 4.23. The van der Waals surface area contributed by atoms with Gasteiger partial charge in [-0.2, -0.15) is 5.10 Å². The van der Waals surface area contributed by atoms with Crippen molar-refractivity contribution in [3.8, 4) is 0 Å². The van der Waals surface area contributed by atoms with Gasteiger partial charge in [-0.15, -0.1) is 0 Å². The van der Waals surface area contributed by atoms with Gasteiger partial charge in [0.2, 0.25) is 0 Å². The minimum atomic E-state index is 0.533. The van der Waals surface area contributed by atoms with Crippen molar-refractivity contribution >= 4 is 5.69 Å². The predicted molar refractivity (Wildman–Crippen MR) is 80.4 cm³/mol. The van der Waals surface area contributed by atoms with E-state index in [0.29, 0.717) is 12.0 Å². The van der Waals surface area contributed by atoms with Crippen molar-refractivity contribution in [1.82, 2.24) is 14.7 Å². The molecule has 4 heteroatoms. The lowest BCUT2D eigenvalue weighted by Gasteiger charge is -2.33. The predicted octanol–water partition coefficient (Wildman–Crippen LogP) is 2.68. The van der Waals surface area contributed by atoms with Crippen molar-refractivity contribution in [3.05, 3.63) is 12.4 Å². The van der Waals surface area contributed by atoms with Crippen LogP contribution in [0.1, 0.15) is 33.6 Å². The van der Waals surface area contributed by atoms with Crippen LogP contribution >= 0.6 is 0 Å². The van der Waals surface area contributed by atoms with Crippen LogP contribution in [0.25, 0.3) is 0 Å². The third-order valence-corrected chi connectivity index (χ3v) is 4.05. The lowest BCUT2D eigenvalue weighted by atomic mass is 9.90. The van der Waals surface area contributed by atoms with E-state index in [1.165, 1.54) is 25.9 Å². The first-order chi connectivity index (χ1) is 9.04. The summed E-state index contributed by atoms with van der Waals surface area (Å²) >= 11 is 0. The van der Waals surface area contributed by atoms with Crippen molar-refractivity contribution in [2.24, 2.45) is 11.8 Å². The molecule has 2 heterocycles. The Hall–Kier alpha value is -1.03. The van der Waals surface area contributed by atoms with Crippen LogP contribution < -0.4 is 5.32 Å². The van der Waals surface area contributed by atoms with E-state index in [2.05, 4.69) is 49.3 Å². The van der Waals surface area contributed by atoms with Crippen LogP contribution in [0.3, 0.4) is 0 Å². The molecule has 1 aliphatic rings. The molecule has 1 N–H and O–H groups in total. The molecular formula is C15H28N4. The van der Waals surface area contributed by atoms with Gasteiger partial charge in [0.1, 0.15) is 0 Å². The highest BCUT2D eigenvalue weighted by atomic mass is 15.3. The lowest BCUT2D eigenvalue weighted by Crippen LogP contribution is -2.37. The summed E-state index contributed by atoms with van der Waals surface area (Å²) in [4.78, 5) is 2.42. The summed E-state index contributed by atoms with van der Waals surface area (Å²) in [7, 11) is 2.21. The number of hydrogen-bond donors (Lipinski definition) is 1. The van der Waals surface area contributed by atoms with Crippen LogP contribution in [-0.2, 0) is 6.54 Å². The average Bonchev–Trinajstić information content (AvgIpc) is 2.76. The molecule has 0 aliphatic carbocycles. The first kappa shape index (κ1) is 14.4. The number of anilines is 1. The monoisotopic (exact) mass is 264 g/mol. The van der Waals surface area contributed by atoms with Crippen LogP contribution in [-0.4, -0.2) is 40.9 Å². The number of nitrogens with zero attached hydrogens (tertiary/aromatic N) is 3. The summed E-state index contributed by atoms with van der Waals surface area (Å²) in [5.74, 6) is 1.42. The Bertz CT molecular complexity index is 377. The summed E-state index contributed by atoms with van der Waals surface area (Å²) < 4.78 is 2.04. The number of hydrogen-bond acceptors (Lipinski definition) is 3. The van der Waals surface area contributed by atoms with E-state index >= 15 is 0 Å². The van der Waals surface area contributed by atoms with Crippen molar-refractivity contribution < 1.29 is 0 Å². The molecule has 0 bridgehead atoms. The molecule has 1 fully saturated rings. The molecule has 0 aromatic carbocycles. The summed E-state index contributed by atoms with van der Waals surface area (Å²) in [5.41, 5.74) is 1.16. The maximum Gasteiger partial charge on any atom is 0.0728 e. The van der Waals surface area contributed by atoms with E-state index in [-0.39, 0.29) is 0 Å². The second kappa shape index (κ2) is 6.42. The fourth-order valence-corrected chi connectivity index (χ4v) is 2.82. The summed E-state index contributed by atoms with van der Waals surface area (Å²) in [6.07, 6.45) is 6.68. The van der Waals surface area contributed by atoms with Gasteiger partial charge >= 0.3 is 0 Å². The van der Waals surface area contributed by atoms with Gasteiger partial charge in [-0.3, -0.25) is 4.68 Å². The Morgan fingerprint density at radius 1 is 1.32 bits per heavy atom. The number of nitrogens with one attached hydrogen (secondary N) is 1. The molecule has 0 radical (unpaired) electrons. The average molecular weight is 264 g/mol. The van der Waals surface area contributed by atoms with E-state index in [4.69, 9.17) is 0 Å². The van der Waals surface area contributed by atoms with E-state index < -0.39 is 0 Å². The second-order valence-corrected chi connectivity index (χ2v) is 6.42. The van der Waals surface area contributed by atoms with Crippen molar-refractivity contribution in [2.45, 2.75) is 46.2 Å². The Balaban J connectivity index is 1.84. The van der Waals surface area contributed by atoms with Gasteiger partial charge in [0, 0.05) is 18.8 Å². The van der Waals surface area contributed by atoms with Gasteiger partial charge in [-0.05, 0) is 51.7 Å². The van der Waals surface area contributed by atoms with Gasteiger partial charge in [-0.1, -0.05) is 13.8 Å². The molecule has 19 heavy (non-hydrogen) atoms. The van der Waals surface area contributed by atoms with Crippen molar-refractivity contribution in [1.29, 1.82) is 0 Å². The largest absolute Gasteiger partial charge is 0.380 e. The van der Waals surface area contributed by atoms with Gasteiger partial charge in [0.05, 0.1) is 11.9 Å². The highest BCUT2D eigenvalue weighted by Gasteiger charge is 2.22. The third-order valence-electron chi connectivity index (χ3n) is 4.05. The second-order valence-electron chi connectivity index (χ2n) is 6.42. The Morgan fingerprint density at radius 3 is 2.63 bits per heavy atom. The first-order valence-corrected chi connectivity index (χ1v) is 7.52. The topological polar surface area (TPSA) is 33.1 Å². The molecule has 0 spiro atoms. The fraction of sp³-hybridized carbons (Fsp3) is 0.800. The van der Waals surface area contributed by atoms with Crippen LogP contribution in [0.5, 0.6) is 0 Å². The minimum Gasteiger partial charge on any atom is -0.380 e. The molecule has 0 amide bonds. The molecule has 108 valence electrons. The minimum absolute atomic E-state index is 0.533. The van der Waals surface area contributed by atoms with Crippen molar-refractivity contribution in [2.75, 3.05) is 25.5 Å². The van der Waals surface area contributed by atoms with E-state index in [0.717, 1.165) is 18.2 Å². The zero-order chi connectivity index (χ0) is 13.8. The molecular weight excluding hydrogens is 236 g/mol. The fourth-order valence-electron chi connectivity index (χ4n) is 2.82. The molecule has 0 unspecified atom stereocenters. The van der Waals surface area contributed by atoms with Gasteiger partial charge in [0.25, 0.3) is 0 Å². The number of likely N-dealkylation sites (tertiary alicyclic amines) is 1. The molecule has 1 aromatic rings. The lowest BCUT2D eigenvalue weighted by molar-refractivity contribution is 0.208. The molecule has 1 saturated heterocycles. The highest BCUT2D eigenvalue weighted by molar-refractivity contribution is 5.39. The molecule has 1 aromatic heterocycles. The summed E-state index contributed by atoms with van der Waals surface area (Å²) in [6.45, 7) is 10.2. The van der Waals surface area contributed by atoms with Gasteiger partial charge < -0.3 is 10.2 Å². The van der Waals surface area contributed by atoms with Crippen LogP contribution in [0.4, 0.5) is 5.69 Å². The SMILES string of the molecule is CC(C)Cn1cc(N[C@@H](C)C2CCN(C)CC2)cn1. The standard InChI is InChI=1S/C15H28N4/c1-12(2)10-19-11-15(9-16-19)17-13(3)14-5-7-18(4)8-6-14/h9,11-14,17H,5-8,10H2,1-4H3/t13-/m0/s1. The van der Waals surface area contributed by atoms with Crippen LogP contribution in [0, 0.1) is 11.8 Å². The maximum absolute atomic E-state index is 4.41. The maximum atomic E-state index is 4.41. The smallest absolute Gasteiger partial charge is 0.0728 e. The normalized spacial score (nSPS) is 19.8. The number of aromatic nitrogens is 2. The van der Waals surface area contributed by atoms with Crippen molar-refractivity contribution in [3.63, 3.8) is 0 Å². The zero-order valence-electron chi connectivity index (χ0n) is 12.8. The van der Waals surface area contributed by atoms with E-state index in [1.807, 2.05) is 10.9 Å². The van der Waals surface area contributed by atoms with Gasteiger partial charge in [0.15, 0.2) is 0 Å². The quantitative estimate of drug-likeness (QED) is 0.887. The zero-order valence-corrected chi connectivity index (χ0v) is 12.8. The first-order valence-electron chi connectivity index (χ1n) is 7.52. The van der Waals surface area contributed by atoms with E-state index in [1.54, 1.807) is 0 Å². The Kier molecular flexibility index (Phi) is 4.86. The highest BCUT2D eigenvalue weighted by Crippen LogP contribution is 2.22. The molecule has 1 aliphatic heterocycles. The van der Waals surface area contributed by atoms with Crippen LogP contribution in [0.2, 0.25) is 0 Å². The number of piperidine rings is 1.